The molecule has 0 aromatic heterocycles. The third-order valence-corrected chi connectivity index (χ3v) is 4.54. The minimum absolute atomic E-state index is 0. The third kappa shape index (κ3) is 4.49. The second-order valence-corrected chi connectivity index (χ2v) is 5.81. The predicted molar refractivity (Wildman–Crippen MR) is 89.3 cm³/mol. The predicted octanol–water partition coefficient (Wildman–Crippen LogP) is 1.01. The van der Waals surface area contributed by atoms with Crippen molar-refractivity contribution in [3.05, 3.63) is 0 Å². The second-order valence-electron chi connectivity index (χ2n) is 5.81. The fraction of sp³-hybridized carbons (Fsp3) is 0.867. The average Bonchev–Trinajstić information content (AvgIpc) is 2.56. The summed E-state index contributed by atoms with van der Waals surface area (Å²) in [5, 5.41) is 3.29. The molecule has 0 aliphatic carbocycles. The third-order valence-electron chi connectivity index (χ3n) is 4.54. The van der Waals surface area contributed by atoms with Gasteiger partial charge in [0.1, 0.15) is 0 Å². The minimum atomic E-state index is 0. The zero-order valence-electron chi connectivity index (χ0n) is 13.7. The van der Waals surface area contributed by atoms with Gasteiger partial charge in [-0.15, -0.1) is 12.4 Å². The van der Waals surface area contributed by atoms with Crippen LogP contribution in [0.25, 0.3) is 0 Å². The van der Waals surface area contributed by atoms with E-state index >= 15 is 0 Å². The lowest BCUT2D eigenvalue weighted by Crippen LogP contribution is -2.55. The zero-order valence-corrected chi connectivity index (χ0v) is 14.5. The molecule has 0 unspecified atom stereocenters. The molecule has 128 valence electrons. The van der Waals surface area contributed by atoms with Crippen molar-refractivity contribution in [2.45, 2.75) is 26.7 Å². The number of piperidine rings is 1. The summed E-state index contributed by atoms with van der Waals surface area (Å²) in [5.74, 6) is 0.390. The number of amides is 3. The Morgan fingerprint density at radius 2 is 1.68 bits per heavy atom. The van der Waals surface area contributed by atoms with Gasteiger partial charge in [-0.2, -0.15) is 0 Å². The van der Waals surface area contributed by atoms with Crippen LogP contribution in [0.4, 0.5) is 4.79 Å². The number of hydrogen-bond acceptors (Lipinski definition) is 3. The van der Waals surface area contributed by atoms with Crippen LogP contribution in [-0.4, -0.2) is 79.0 Å². The molecule has 6 nitrogen and oxygen atoms in total. The summed E-state index contributed by atoms with van der Waals surface area (Å²) in [4.78, 5) is 30.4. The van der Waals surface area contributed by atoms with E-state index in [0.717, 1.165) is 39.0 Å². The molecular weight excluding hydrogens is 304 g/mol. The molecule has 2 fully saturated rings. The molecule has 2 heterocycles. The van der Waals surface area contributed by atoms with Gasteiger partial charge in [-0.25, -0.2) is 4.79 Å². The standard InChI is InChI=1S/C15H28N4O2.ClH/c1-3-17(4-2)15(21)19-10-8-18(9-11-19)14(20)13-6-5-7-16-12-13;/h13,16H,3-12H2,1-2H3;1H/t13-;/m1./s1. The average molecular weight is 333 g/mol. The molecule has 3 amide bonds. The van der Waals surface area contributed by atoms with Crippen molar-refractivity contribution in [1.82, 2.24) is 20.0 Å². The number of halogens is 1. The Morgan fingerprint density at radius 1 is 1.09 bits per heavy atom. The molecule has 0 bridgehead atoms. The van der Waals surface area contributed by atoms with Gasteiger partial charge in [0.05, 0.1) is 5.92 Å². The molecule has 1 atom stereocenters. The molecule has 2 aliphatic heterocycles. The van der Waals surface area contributed by atoms with Crippen LogP contribution in [0.15, 0.2) is 0 Å². The number of carbonyl (C=O) groups is 2. The van der Waals surface area contributed by atoms with Crippen LogP contribution in [0.1, 0.15) is 26.7 Å². The van der Waals surface area contributed by atoms with Gasteiger partial charge in [0.25, 0.3) is 0 Å². The highest BCUT2D eigenvalue weighted by atomic mass is 35.5. The fourth-order valence-corrected chi connectivity index (χ4v) is 3.13. The number of nitrogens with one attached hydrogen (secondary N) is 1. The topological polar surface area (TPSA) is 55.9 Å². The fourth-order valence-electron chi connectivity index (χ4n) is 3.13. The van der Waals surface area contributed by atoms with Crippen molar-refractivity contribution in [3.63, 3.8) is 0 Å². The number of nitrogens with zero attached hydrogens (tertiary/aromatic N) is 3. The van der Waals surface area contributed by atoms with Gasteiger partial charge in [-0.1, -0.05) is 0 Å². The summed E-state index contributed by atoms with van der Waals surface area (Å²) in [5.41, 5.74) is 0. The number of carbonyl (C=O) groups excluding carboxylic acids is 2. The van der Waals surface area contributed by atoms with Gasteiger partial charge < -0.3 is 20.0 Å². The van der Waals surface area contributed by atoms with Crippen molar-refractivity contribution in [2.75, 3.05) is 52.4 Å². The van der Waals surface area contributed by atoms with Crippen LogP contribution in [-0.2, 0) is 4.79 Å². The number of urea groups is 1. The van der Waals surface area contributed by atoms with Crippen LogP contribution in [0.3, 0.4) is 0 Å². The van der Waals surface area contributed by atoms with Crippen LogP contribution in [0.5, 0.6) is 0 Å². The maximum Gasteiger partial charge on any atom is 0.320 e. The van der Waals surface area contributed by atoms with Crippen molar-refractivity contribution in [2.24, 2.45) is 5.92 Å². The van der Waals surface area contributed by atoms with Gasteiger partial charge in [0, 0.05) is 45.8 Å². The Labute approximate surface area is 139 Å². The van der Waals surface area contributed by atoms with Gasteiger partial charge in [-0.3, -0.25) is 4.79 Å². The normalized spacial score (nSPS) is 22.0. The number of rotatable bonds is 3. The van der Waals surface area contributed by atoms with E-state index in [1.54, 1.807) is 0 Å². The first-order valence-corrected chi connectivity index (χ1v) is 8.20. The lowest BCUT2D eigenvalue weighted by Gasteiger charge is -2.38. The van der Waals surface area contributed by atoms with Crippen molar-refractivity contribution in [3.8, 4) is 0 Å². The van der Waals surface area contributed by atoms with Gasteiger partial charge in [0.15, 0.2) is 0 Å². The minimum Gasteiger partial charge on any atom is -0.339 e. The first-order valence-electron chi connectivity index (χ1n) is 8.20. The van der Waals surface area contributed by atoms with Gasteiger partial charge in [0.2, 0.25) is 5.91 Å². The van der Waals surface area contributed by atoms with Crippen molar-refractivity contribution >= 4 is 24.3 Å². The first-order chi connectivity index (χ1) is 10.2. The summed E-state index contributed by atoms with van der Waals surface area (Å²) in [7, 11) is 0. The highest BCUT2D eigenvalue weighted by Gasteiger charge is 2.30. The molecule has 0 spiro atoms. The summed E-state index contributed by atoms with van der Waals surface area (Å²) in [6, 6.07) is 0.103. The van der Waals surface area contributed by atoms with E-state index in [2.05, 4.69) is 5.32 Å². The first kappa shape index (κ1) is 19.0. The highest BCUT2D eigenvalue weighted by Crippen LogP contribution is 2.15. The molecule has 22 heavy (non-hydrogen) atoms. The largest absolute Gasteiger partial charge is 0.339 e. The molecule has 2 aliphatic rings. The van der Waals surface area contributed by atoms with Crippen LogP contribution in [0.2, 0.25) is 0 Å². The van der Waals surface area contributed by atoms with E-state index in [0.29, 0.717) is 26.2 Å². The molecule has 7 heteroatoms. The smallest absolute Gasteiger partial charge is 0.320 e. The van der Waals surface area contributed by atoms with Crippen LogP contribution < -0.4 is 5.32 Å². The quantitative estimate of drug-likeness (QED) is 0.839. The van der Waals surface area contributed by atoms with E-state index in [1.165, 1.54) is 0 Å². The van der Waals surface area contributed by atoms with Crippen LogP contribution >= 0.6 is 12.4 Å². The number of hydrogen-bond donors (Lipinski definition) is 1. The van der Waals surface area contributed by atoms with Crippen molar-refractivity contribution in [1.29, 1.82) is 0 Å². The Kier molecular flexibility index (Phi) is 7.96. The number of piperazine rings is 1. The Hall–Kier alpha value is -1.01. The van der Waals surface area contributed by atoms with E-state index < -0.39 is 0 Å². The SMILES string of the molecule is CCN(CC)C(=O)N1CCN(C(=O)[C@@H]2CCCNC2)CC1.Cl. The lowest BCUT2D eigenvalue weighted by atomic mass is 9.98. The van der Waals surface area contributed by atoms with E-state index in [-0.39, 0.29) is 30.3 Å². The lowest BCUT2D eigenvalue weighted by molar-refractivity contribution is -0.137. The summed E-state index contributed by atoms with van der Waals surface area (Å²) in [6.45, 7) is 9.94. The Balaban J connectivity index is 0.00000242. The van der Waals surface area contributed by atoms with Crippen LogP contribution in [0, 0.1) is 5.92 Å². The zero-order chi connectivity index (χ0) is 15.2. The molecule has 0 aromatic carbocycles. The van der Waals surface area contributed by atoms with Gasteiger partial charge >= 0.3 is 6.03 Å². The molecule has 0 aromatic rings. The monoisotopic (exact) mass is 332 g/mol. The molecule has 2 rings (SSSR count). The van der Waals surface area contributed by atoms with Crippen molar-refractivity contribution < 1.29 is 9.59 Å². The van der Waals surface area contributed by atoms with E-state index in [4.69, 9.17) is 0 Å². The second kappa shape index (κ2) is 9.20. The molecule has 2 saturated heterocycles. The maximum atomic E-state index is 12.4. The van der Waals surface area contributed by atoms with E-state index in [9.17, 15) is 9.59 Å². The van der Waals surface area contributed by atoms with E-state index in [1.807, 2.05) is 28.5 Å². The van der Waals surface area contributed by atoms with Gasteiger partial charge in [-0.05, 0) is 33.2 Å². The summed E-state index contributed by atoms with van der Waals surface area (Å²) in [6.07, 6.45) is 2.07. The Morgan fingerprint density at radius 3 is 2.18 bits per heavy atom. The maximum absolute atomic E-state index is 12.4. The summed E-state index contributed by atoms with van der Waals surface area (Å²) < 4.78 is 0. The molecule has 1 N–H and O–H groups in total. The molecule has 0 saturated carbocycles. The molecule has 0 radical (unpaired) electrons. The molecular formula is C15H29ClN4O2. The highest BCUT2D eigenvalue weighted by molar-refractivity contribution is 5.85. The Bertz CT molecular complexity index is 363. The summed E-state index contributed by atoms with van der Waals surface area (Å²) >= 11 is 0.